The van der Waals surface area contributed by atoms with Gasteiger partial charge in [0.15, 0.2) is 0 Å². The zero-order valence-electron chi connectivity index (χ0n) is 13.6. The molecule has 1 unspecified atom stereocenters. The van der Waals surface area contributed by atoms with Crippen molar-refractivity contribution < 1.29 is 13.9 Å². The molecule has 0 aliphatic rings. The topological polar surface area (TPSA) is 51.5 Å². The van der Waals surface area contributed by atoms with E-state index < -0.39 is 5.97 Å². The lowest BCUT2D eigenvalue weighted by Gasteiger charge is -2.15. The van der Waals surface area contributed by atoms with E-state index in [1.165, 1.54) is 45.6 Å². The van der Waals surface area contributed by atoms with Crippen molar-refractivity contribution in [1.29, 1.82) is 0 Å². The molecule has 4 heteroatoms. The first-order valence-electron chi connectivity index (χ1n) is 8.14. The SMILES string of the molecule is CCCCCCCCC(NCC)c1ccc(C(=O)OC)o1. The molecule has 1 atom stereocenters. The highest BCUT2D eigenvalue weighted by molar-refractivity contribution is 5.86. The highest BCUT2D eigenvalue weighted by Gasteiger charge is 2.17. The standard InChI is InChI=1S/C17H29NO3/c1-4-6-7-8-9-10-11-14(18-5-2)15-12-13-16(21-15)17(19)20-3/h12-14,18H,4-11H2,1-3H3. The van der Waals surface area contributed by atoms with Gasteiger partial charge in [-0.05, 0) is 25.1 Å². The second kappa shape index (κ2) is 10.4. The Balaban J connectivity index is 2.45. The minimum atomic E-state index is -0.420. The third-order valence-electron chi connectivity index (χ3n) is 3.65. The number of hydrogen-bond acceptors (Lipinski definition) is 4. The van der Waals surface area contributed by atoms with Crippen molar-refractivity contribution in [3.8, 4) is 0 Å². The van der Waals surface area contributed by atoms with Crippen molar-refractivity contribution in [2.45, 2.75) is 64.8 Å². The molecule has 0 amide bonds. The third-order valence-corrected chi connectivity index (χ3v) is 3.65. The summed E-state index contributed by atoms with van der Waals surface area (Å²) in [5.74, 6) is 0.681. The number of rotatable bonds is 11. The summed E-state index contributed by atoms with van der Waals surface area (Å²) in [5.41, 5.74) is 0. The van der Waals surface area contributed by atoms with E-state index in [9.17, 15) is 4.79 Å². The number of esters is 1. The minimum Gasteiger partial charge on any atom is -0.463 e. The summed E-state index contributed by atoms with van der Waals surface area (Å²) in [6, 6.07) is 3.74. The van der Waals surface area contributed by atoms with Crippen LogP contribution >= 0.6 is 0 Å². The molecule has 0 saturated heterocycles. The molecule has 0 fully saturated rings. The first-order valence-corrected chi connectivity index (χ1v) is 8.14. The number of methoxy groups -OCH3 is 1. The summed E-state index contributed by atoms with van der Waals surface area (Å²) in [5, 5.41) is 3.43. The molecule has 1 aromatic heterocycles. The Morgan fingerprint density at radius 3 is 2.57 bits per heavy atom. The molecule has 0 aliphatic carbocycles. The van der Waals surface area contributed by atoms with Gasteiger partial charge in [-0.1, -0.05) is 52.4 Å². The molecule has 0 spiro atoms. The summed E-state index contributed by atoms with van der Waals surface area (Å²) < 4.78 is 10.3. The van der Waals surface area contributed by atoms with Gasteiger partial charge >= 0.3 is 5.97 Å². The molecule has 0 aromatic carbocycles. The Hall–Kier alpha value is -1.29. The molecule has 4 nitrogen and oxygen atoms in total. The van der Waals surface area contributed by atoms with Gasteiger partial charge in [0, 0.05) is 0 Å². The van der Waals surface area contributed by atoms with Crippen LogP contribution in [0.5, 0.6) is 0 Å². The molecule has 1 N–H and O–H groups in total. The van der Waals surface area contributed by atoms with E-state index in [2.05, 4.69) is 23.9 Å². The second-order valence-corrected chi connectivity index (χ2v) is 5.36. The Morgan fingerprint density at radius 1 is 1.19 bits per heavy atom. The molecule has 1 aromatic rings. The zero-order valence-corrected chi connectivity index (χ0v) is 13.6. The van der Waals surface area contributed by atoms with Crippen LogP contribution in [-0.2, 0) is 4.74 Å². The van der Waals surface area contributed by atoms with Crippen LogP contribution in [0, 0.1) is 0 Å². The zero-order chi connectivity index (χ0) is 15.5. The van der Waals surface area contributed by atoms with Gasteiger partial charge in [0.2, 0.25) is 5.76 Å². The van der Waals surface area contributed by atoms with Crippen LogP contribution in [-0.4, -0.2) is 19.6 Å². The molecule has 120 valence electrons. The lowest BCUT2D eigenvalue weighted by atomic mass is 10.0. The third kappa shape index (κ3) is 6.34. The van der Waals surface area contributed by atoms with E-state index in [0.717, 1.165) is 18.7 Å². The van der Waals surface area contributed by atoms with E-state index in [1.54, 1.807) is 6.07 Å². The van der Waals surface area contributed by atoms with E-state index in [0.29, 0.717) is 0 Å². The van der Waals surface area contributed by atoms with Gasteiger partial charge in [0.1, 0.15) is 5.76 Å². The van der Waals surface area contributed by atoms with Gasteiger partial charge in [0.05, 0.1) is 13.2 Å². The van der Waals surface area contributed by atoms with E-state index >= 15 is 0 Å². The molecule has 0 bridgehead atoms. The van der Waals surface area contributed by atoms with Crippen LogP contribution in [0.1, 0.15) is 81.2 Å². The summed E-state index contributed by atoms with van der Waals surface area (Å²) in [6.07, 6.45) is 8.71. The number of carbonyl (C=O) groups excluding carboxylic acids is 1. The monoisotopic (exact) mass is 295 g/mol. The maximum absolute atomic E-state index is 11.4. The fourth-order valence-corrected chi connectivity index (χ4v) is 2.47. The van der Waals surface area contributed by atoms with Crippen molar-refractivity contribution in [2.75, 3.05) is 13.7 Å². The van der Waals surface area contributed by atoms with Crippen molar-refractivity contribution >= 4 is 5.97 Å². The molecule has 0 radical (unpaired) electrons. The van der Waals surface area contributed by atoms with Crippen LogP contribution in [0.2, 0.25) is 0 Å². The van der Waals surface area contributed by atoms with Gasteiger partial charge in [-0.2, -0.15) is 0 Å². The van der Waals surface area contributed by atoms with Gasteiger partial charge in [0.25, 0.3) is 0 Å². The van der Waals surface area contributed by atoms with Gasteiger partial charge in [-0.15, -0.1) is 0 Å². The van der Waals surface area contributed by atoms with Crippen LogP contribution in [0.15, 0.2) is 16.5 Å². The minimum absolute atomic E-state index is 0.180. The quantitative estimate of drug-likeness (QED) is 0.483. The molecule has 21 heavy (non-hydrogen) atoms. The number of nitrogens with one attached hydrogen (secondary N) is 1. The normalized spacial score (nSPS) is 12.3. The number of ether oxygens (including phenoxy) is 1. The maximum atomic E-state index is 11.4. The van der Waals surface area contributed by atoms with Crippen molar-refractivity contribution in [3.63, 3.8) is 0 Å². The lowest BCUT2D eigenvalue weighted by molar-refractivity contribution is 0.0562. The van der Waals surface area contributed by atoms with Crippen LogP contribution in [0.4, 0.5) is 0 Å². The number of furan rings is 1. The molecule has 0 saturated carbocycles. The number of unbranched alkanes of at least 4 members (excludes halogenated alkanes) is 5. The van der Waals surface area contributed by atoms with Crippen molar-refractivity contribution in [3.05, 3.63) is 23.7 Å². The van der Waals surface area contributed by atoms with Crippen molar-refractivity contribution in [2.24, 2.45) is 0 Å². The maximum Gasteiger partial charge on any atom is 0.373 e. The number of carbonyl (C=O) groups is 1. The lowest BCUT2D eigenvalue weighted by Crippen LogP contribution is -2.20. The molecule has 1 heterocycles. The van der Waals surface area contributed by atoms with Gasteiger partial charge in [-0.3, -0.25) is 0 Å². The highest BCUT2D eigenvalue weighted by atomic mass is 16.5. The molecular weight excluding hydrogens is 266 g/mol. The summed E-state index contributed by atoms with van der Waals surface area (Å²) in [4.78, 5) is 11.4. The molecular formula is C17H29NO3. The Morgan fingerprint density at radius 2 is 1.90 bits per heavy atom. The van der Waals surface area contributed by atoms with Crippen molar-refractivity contribution in [1.82, 2.24) is 5.32 Å². The molecule has 1 rings (SSSR count). The first kappa shape index (κ1) is 17.8. The molecule has 0 aliphatic heterocycles. The van der Waals surface area contributed by atoms with E-state index in [4.69, 9.17) is 4.42 Å². The summed E-state index contributed by atoms with van der Waals surface area (Å²) >= 11 is 0. The summed E-state index contributed by atoms with van der Waals surface area (Å²) in [6.45, 7) is 5.20. The van der Waals surface area contributed by atoms with Crippen LogP contribution in [0.25, 0.3) is 0 Å². The van der Waals surface area contributed by atoms with Gasteiger partial charge in [-0.25, -0.2) is 4.79 Å². The van der Waals surface area contributed by atoms with Crippen LogP contribution in [0.3, 0.4) is 0 Å². The smallest absolute Gasteiger partial charge is 0.373 e. The highest BCUT2D eigenvalue weighted by Crippen LogP contribution is 2.23. The predicted octanol–water partition coefficient (Wildman–Crippen LogP) is 4.47. The fourth-order valence-electron chi connectivity index (χ4n) is 2.47. The Kier molecular flexibility index (Phi) is 8.83. The summed E-state index contributed by atoms with van der Waals surface area (Å²) in [7, 11) is 1.36. The average Bonchev–Trinajstić information content (AvgIpc) is 2.98. The average molecular weight is 295 g/mol. The Labute approximate surface area is 128 Å². The van der Waals surface area contributed by atoms with Gasteiger partial charge < -0.3 is 14.5 Å². The van der Waals surface area contributed by atoms with E-state index in [-0.39, 0.29) is 11.8 Å². The van der Waals surface area contributed by atoms with E-state index in [1.807, 2.05) is 6.07 Å². The number of hydrogen-bond donors (Lipinski definition) is 1. The Bertz CT molecular complexity index is 400. The predicted molar refractivity (Wildman–Crippen MR) is 84.5 cm³/mol. The fraction of sp³-hybridized carbons (Fsp3) is 0.706. The van der Waals surface area contributed by atoms with Crippen LogP contribution < -0.4 is 5.32 Å². The first-order chi connectivity index (χ1) is 10.2. The second-order valence-electron chi connectivity index (χ2n) is 5.36. The largest absolute Gasteiger partial charge is 0.463 e.